The lowest BCUT2D eigenvalue weighted by Gasteiger charge is -2.34. The Morgan fingerprint density at radius 2 is 1.68 bits per heavy atom. The molecule has 34 heavy (non-hydrogen) atoms. The lowest BCUT2D eigenvalue weighted by atomic mass is 10.1. The van der Waals surface area contributed by atoms with E-state index >= 15 is 0 Å². The van der Waals surface area contributed by atoms with Crippen LogP contribution in [0.5, 0.6) is 0 Å². The van der Waals surface area contributed by atoms with Gasteiger partial charge >= 0.3 is 0 Å². The first-order valence-corrected chi connectivity index (χ1v) is 12.9. The van der Waals surface area contributed by atoms with E-state index in [0.717, 1.165) is 41.8 Å². The predicted octanol–water partition coefficient (Wildman–Crippen LogP) is 3.26. The fraction of sp³-hybridized carbons (Fsp3) is 0.360. The molecule has 5 rings (SSSR count). The zero-order chi connectivity index (χ0) is 24.0. The molecule has 178 valence electrons. The van der Waals surface area contributed by atoms with E-state index in [2.05, 4.69) is 5.10 Å². The van der Waals surface area contributed by atoms with Gasteiger partial charge in [-0.15, -0.1) is 0 Å². The summed E-state index contributed by atoms with van der Waals surface area (Å²) in [4.78, 5) is 15.4. The Balaban J connectivity index is 1.35. The van der Waals surface area contributed by atoms with Gasteiger partial charge in [0, 0.05) is 37.4 Å². The molecule has 1 saturated heterocycles. The summed E-state index contributed by atoms with van der Waals surface area (Å²) in [5.74, 6) is -0.500. The van der Waals surface area contributed by atoms with Crippen LogP contribution in [0.2, 0.25) is 0 Å². The van der Waals surface area contributed by atoms with Gasteiger partial charge in [-0.25, -0.2) is 17.5 Å². The topological polar surface area (TPSA) is 75.5 Å². The molecule has 0 saturated carbocycles. The molecular formula is C25H27FN4O3S. The third kappa shape index (κ3) is 3.92. The lowest BCUT2D eigenvalue weighted by molar-refractivity contribution is 0.0690. The molecule has 1 aromatic heterocycles. The highest BCUT2D eigenvalue weighted by atomic mass is 32.2. The van der Waals surface area contributed by atoms with E-state index in [4.69, 9.17) is 0 Å². The van der Waals surface area contributed by atoms with Gasteiger partial charge in [0.2, 0.25) is 10.0 Å². The molecule has 2 aliphatic rings. The number of carbonyl (C=O) groups excluding carboxylic acids is 1. The zero-order valence-electron chi connectivity index (χ0n) is 19.3. The number of carbonyl (C=O) groups is 1. The summed E-state index contributed by atoms with van der Waals surface area (Å²) in [5, 5.41) is 4.61. The second-order valence-corrected chi connectivity index (χ2v) is 10.9. The fourth-order valence-electron chi connectivity index (χ4n) is 4.81. The summed E-state index contributed by atoms with van der Waals surface area (Å²) in [6, 6.07) is 11.5. The number of fused-ring (bicyclic) bond motifs is 1. The average Bonchev–Trinajstić information content (AvgIpc) is 3.44. The molecule has 0 bridgehead atoms. The first-order valence-electron chi connectivity index (χ1n) is 11.5. The molecule has 9 heteroatoms. The zero-order valence-corrected chi connectivity index (χ0v) is 20.1. The number of halogens is 1. The number of nitrogens with zero attached hydrogens (tertiary/aromatic N) is 4. The minimum atomic E-state index is -3.63. The van der Waals surface area contributed by atoms with Crippen LogP contribution >= 0.6 is 0 Å². The maximum absolute atomic E-state index is 13.4. The summed E-state index contributed by atoms with van der Waals surface area (Å²) >= 11 is 0. The Bertz CT molecular complexity index is 1360. The average molecular weight is 483 g/mol. The van der Waals surface area contributed by atoms with E-state index in [0.29, 0.717) is 29.2 Å². The standard InChI is InChI=1S/C25H27FN4O3S/c1-17-6-7-18(2)23(16-17)34(32,33)29-14-12-28(13-15-29)25(31)24-21-4-3-5-22(21)30(27-24)20-10-8-19(26)9-11-20/h6-11,16H,3-5,12-15H2,1-2H3. The van der Waals surface area contributed by atoms with Crippen molar-refractivity contribution in [1.82, 2.24) is 19.0 Å². The van der Waals surface area contributed by atoms with Crippen molar-refractivity contribution in [3.63, 3.8) is 0 Å². The highest BCUT2D eigenvalue weighted by molar-refractivity contribution is 7.89. The predicted molar refractivity (Wildman–Crippen MR) is 126 cm³/mol. The van der Waals surface area contributed by atoms with Crippen LogP contribution in [0, 0.1) is 19.7 Å². The second-order valence-electron chi connectivity index (χ2n) is 8.98. The molecule has 1 aliphatic heterocycles. The maximum Gasteiger partial charge on any atom is 0.274 e. The van der Waals surface area contributed by atoms with Crippen LogP contribution in [0.15, 0.2) is 47.4 Å². The largest absolute Gasteiger partial charge is 0.335 e. The molecule has 2 aromatic carbocycles. The number of hydrogen-bond donors (Lipinski definition) is 0. The van der Waals surface area contributed by atoms with Crippen LogP contribution in [0.4, 0.5) is 4.39 Å². The summed E-state index contributed by atoms with van der Waals surface area (Å²) in [6.45, 7) is 4.76. The smallest absolute Gasteiger partial charge is 0.274 e. The maximum atomic E-state index is 13.4. The Hall–Kier alpha value is -3.04. The molecule has 0 radical (unpaired) electrons. The molecule has 1 fully saturated rings. The van der Waals surface area contributed by atoms with Gasteiger partial charge in [0.1, 0.15) is 5.82 Å². The molecule has 1 aliphatic carbocycles. The first-order chi connectivity index (χ1) is 16.3. The van der Waals surface area contributed by atoms with Crippen molar-refractivity contribution in [2.45, 2.75) is 38.0 Å². The Labute approximate surface area is 198 Å². The Morgan fingerprint density at radius 1 is 0.971 bits per heavy atom. The van der Waals surface area contributed by atoms with Gasteiger partial charge in [-0.3, -0.25) is 4.79 Å². The van der Waals surface area contributed by atoms with Crippen molar-refractivity contribution in [2.24, 2.45) is 0 Å². The minimum absolute atomic E-state index is 0.178. The molecular weight excluding hydrogens is 455 g/mol. The molecule has 0 atom stereocenters. The van der Waals surface area contributed by atoms with E-state index < -0.39 is 10.0 Å². The number of rotatable bonds is 4. The number of piperazine rings is 1. The number of amides is 1. The molecule has 3 aromatic rings. The van der Waals surface area contributed by atoms with Crippen LogP contribution in [0.3, 0.4) is 0 Å². The van der Waals surface area contributed by atoms with Crippen LogP contribution in [-0.4, -0.2) is 59.5 Å². The number of aromatic nitrogens is 2. The van der Waals surface area contributed by atoms with E-state index in [1.807, 2.05) is 19.1 Å². The first kappa shape index (κ1) is 22.7. The highest BCUT2D eigenvalue weighted by Crippen LogP contribution is 2.29. The van der Waals surface area contributed by atoms with Crippen LogP contribution in [-0.2, 0) is 22.9 Å². The number of sulfonamides is 1. The monoisotopic (exact) mass is 482 g/mol. The summed E-state index contributed by atoms with van der Waals surface area (Å²) in [6.07, 6.45) is 2.53. The van der Waals surface area contributed by atoms with E-state index in [-0.39, 0.29) is 24.8 Å². The van der Waals surface area contributed by atoms with Crippen LogP contribution < -0.4 is 0 Å². The van der Waals surface area contributed by atoms with Crippen molar-refractivity contribution in [3.05, 3.63) is 76.4 Å². The van der Waals surface area contributed by atoms with Crippen molar-refractivity contribution in [3.8, 4) is 5.69 Å². The number of hydrogen-bond acceptors (Lipinski definition) is 4. The van der Waals surface area contributed by atoms with Crippen molar-refractivity contribution in [2.75, 3.05) is 26.2 Å². The van der Waals surface area contributed by atoms with Gasteiger partial charge in [-0.1, -0.05) is 12.1 Å². The van der Waals surface area contributed by atoms with Gasteiger partial charge in [0.05, 0.1) is 10.6 Å². The SMILES string of the molecule is Cc1ccc(C)c(S(=O)(=O)N2CCN(C(=O)c3nn(-c4ccc(F)cc4)c4c3CCC4)CC2)c1. The summed E-state index contributed by atoms with van der Waals surface area (Å²) < 4.78 is 43.0. The minimum Gasteiger partial charge on any atom is -0.335 e. The van der Waals surface area contributed by atoms with E-state index in [1.165, 1.54) is 16.4 Å². The molecule has 1 amide bonds. The molecule has 2 heterocycles. The molecule has 0 N–H and O–H groups in total. The van der Waals surface area contributed by atoms with Crippen molar-refractivity contribution < 1.29 is 17.6 Å². The molecule has 0 unspecified atom stereocenters. The highest BCUT2D eigenvalue weighted by Gasteiger charge is 2.34. The fourth-order valence-corrected chi connectivity index (χ4v) is 6.54. The Kier molecular flexibility index (Phi) is 5.77. The van der Waals surface area contributed by atoms with Crippen molar-refractivity contribution in [1.29, 1.82) is 0 Å². The van der Waals surface area contributed by atoms with Gasteiger partial charge in [0.25, 0.3) is 5.91 Å². The quantitative estimate of drug-likeness (QED) is 0.572. The number of benzene rings is 2. The van der Waals surface area contributed by atoms with Gasteiger partial charge < -0.3 is 4.90 Å². The van der Waals surface area contributed by atoms with E-state index in [9.17, 15) is 17.6 Å². The second kappa shape index (κ2) is 8.63. The third-order valence-electron chi connectivity index (χ3n) is 6.69. The normalized spacial score (nSPS) is 16.6. The van der Waals surface area contributed by atoms with Crippen molar-refractivity contribution >= 4 is 15.9 Å². The lowest BCUT2D eigenvalue weighted by Crippen LogP contribution is -2.50. The molecule has 7 nitrogen and oxygen atoms in total. The molecule has 0 spiro atoms. The van der Waals surface area contributed by atoms with Gasteiger partial charge in [-0.05, 0) is 74.6 Å². The van der Waals surface area contributed by atoms with Crippen LogP contribution in [0.25, 0.3) is 5.69 Å². The van der Waals surface area contributed by atoms with Gasteiger partial charge in [-0.2, -0.15) is 9.40 Å². The number of aryl methyl sites for hydroxylation is 2. The van der Waals surface area contributed by atoms with E-state index in [1.54, 1.807) is 34.7 Å². The third-order valence-corrected chi connectivity index (χ3v) is 8.73. The summed E-state index contributed by atoms with van der Waals surface area (Å²) in [5.41, 5.74) is 4.69. The van der Waals surface area contributed by atoms with Crippen LogP contribution in [0.1, 0.15) is 39.3 Å². The Morgan fingerprint density at radius 3 is 2.38 bits per heavy atom. The summed E-state index contributed by atoms with van der Waals surface area (Å²) in [7, 11) is -3.63. The van der Waals surface area contributed by atoms with Gasteiger partial charge in [0.15, 0.2) is 5.69 Å².